The Kier molecular flexibility index (Phi) is 4.32. The first-order chi connectivity index (χ1) is 13.1. The summed E-state index contributed by atoms with van der Waals surface area (Å²) in [6.07, 6.45) is 2.90. The second kappa shape index (κ2) is 6.79. The summed E-state index contributed by atoms with van der Waals surface area (Å²) < 4.78 is 2.12. The SMILES string of the molecule is CCCCc1nc2c(N)nc3ccccc3c2n1Cc1cc(O)cc(O)c1. The molecule has 4 aromatic rings. The average molecular weight is 362 g/mol. The molecule has 27 heavy (non-hydrogen) atoms. The normalized spacial score (nSPS) is 11.4. The molecule has 2 aromatic heterocycles. The van der Waals surface area contributed by atoms with Crippen molar-refractivity contribution in [1.82, 2.24) is 14.5 Å². The molecule has 138 valence electrons. The van der Waals surface area contributed by atoms with Crippen molar-refractivity contribution >= 4 is 27.8 Å². The number of nitrogens with two attached hydrogens (primary N) is 1. The van der Waals surface area contributed by atoms with E-state index in [2.05, 4.69) is 16.5 Å². The lowest BCUT2D eigenvalue weighted by Gasteiger charge is -2.12. The number of phenols is 2. The number of aromatic hydroxyl groups is 2. The zero-order valence-electron chi connectivity index (χ0n) is 15.2. The van der Waals surface area contributed by atoms with Crippen LogP contribution >= 0.6 is 0 Å². The highest BCUT2D eigenvalue weighted by atomic mass is 16.3. The third kappa shape index (κ3) is 3.14. The van der Waals surface area contributed by atoms with Crippen molar-refractivity contribution in [3.63, 3.8) is 0 Å². The van der Waals surface area contributed by atoms with Crippen LogP contribution < -0.4 is 5.73 Å². The number of hydrogen-bond donors (Lipinski definition) is 3. The predicted molar refractivity (Wildman–Crippen MR) is 107 cm³/mol. The monoisotopic (exact) mass is 362 g/mol. The molecular formula is C21H22N4O2. The van der Waals surface area contributed by atoms with Crippen molar-refractivity contribution in [1.29, 1.82) is 0 Å². The number of phenolic OH excluding ortho intramolecular Hbond substituents is 2. The fraction of sp³-hybridized carbons (Fsp3) is 0.238. The minimum atomic E-state index is 0.0376. The van der Waals surface area contributed by atoms with Gasteiger partial charge in [-0.1, -0.05) is 31.5 Å². The van der Waals surface area contributed by atoms with Gasteiger partial charge in [-0.15, -0.1) is 0 Å². The quantitative estimate of drug-likeness (QED) is 0.499. The maximum absolute atomic E-state index is 9.85. The van der Waals surface area contributed by atoms with E-state index in [-0.39, 0.29) is 11.5 Å². The van der Waals surface area contributed by atoms with Gasteiger partial charge < -0.3 is 20.5 Å². The molecule has 4 N–H and O–H groups in total. The standard InChI is InChI=1S/C21H22N4O2/c1-2-3-8-18-24-19-20(16-6-4-5-7-17(16)23-21(19)22)25(18)12-13-9-14(26)11-15(27)10-13/h4-7,9-11,26-27H,2-3,8,12H2,1H3,(H2,22,23). The zero-order valence-corrected chi connectivity index (χ0v) is 15.2. The molecule has 0 aliphatic carbocycles. The van der Waals surface area contributed by atoms with Gasteiger partial charge in [0, 0.05) is 24.4 Å². The minimum Gasteiger partial charge on any atom is -0.508 e. The average Bonchev–Trinajstić information content (AvgIpc) is 2.98. The van der Waals surface area contributed by atoms with Crippen LogP contribution in [0.1, 0.15) is 31.2 Å². The molecule has 0 radical (unpaired) electrons. The number of hydrogen-bond acceptors (Lipinski definition) is 5. The number of aryl methyl sites for hydroxylation is 1. The van der Waals surface area contributed by atoms with E-state index in [0.29, 0.717) is 17.9 Å². The first-order valence-electron chi connectivity index (χ1n) is 9.12. The van der Waals surface area contributed by atoms with Crippen LogP contribution in [0.15, 0.2) is 42.5 Å². The number of imidazole rings is 1. The summed E-state index contributed by atoms with van der Waals surface area (Å²) >= 11 is 0. The maximum atomic E-state index is 9.85. The number of nitrogen functional groups attached to an aromatic ring is 1. The Labute approximate surface area is 156 Å². The van der Waals surface area contributed by atoms with E-state index in [9.17, 15) is 10.2 Å². The van der Waals surface area contributed by atoms with E-state index in [0.717, 1.165) is 47.1 Å². The molecule has 0 aliphatic heterocycles. The van der Waals surface area contributed by atoms with Crippen molar-refractivity contribution in [2.45, 2.75) is 32.7 Å². The van der Waals surface area contributed by atoms with Gasteiger partial charge in [0.2, 0.25) is 0 Å². The topological polar surface area (TPSA) is 97.2 Å². The van der Waals surface area contributed by atoms with E-state index < -0.39 is 0 Å². The van der Waals surface area contributed by atoms with Crippen LogP contribution in [0.5, 0.6) is 11.5 Å². The largest absolute Gasteiger partial charge is 0.508 e. The number of benzene rings is 2. The van der Waals surface area contributed by atoms with E-state index in [4.69, 9.17) is 10.7 Å². The molecule has 0 atom stereocenters. The highest BCUT2D eigenvalue weighted by Gasteiger charge is 2.17. The Balaban J connectivity index is 1.97. The molecule has 0 amide bonds. The van der Waals surface area contributed by atoms with Gasteiger partial charge in [-0.3, -0.25) is 0 Å². The van der Waals surface area contributed by atoms with Crippen LogP contribution in [0.2, 0.25) is 0 Å². The van der Waals surface area contributed by atoms with E-state index in [1.807, 2.05) is 24.3 Å². The van der Waals surface area contributed by atoms with E-state index in [1.165, 1.54) is 6.07 Å². The smallest absolute Gasteiger partial charge is 0.152 e. The first kappa shape index (κ1) is 17.1. The number of para-hydroxylation sites is 1. The number of anilines is 1. The molecule has 2 heterocycles. The van der Waals surface area contributed by atoms with Gasteiger partial charge in [-0.25, -0.2) is 9.97 Å². The van der Waals surface area contributed by atoms with Gasteiger partial charge in [0.15, 0.2) is 5.82 Å². The van der Waals surface area contributed by atoms with Crippen LogP contribution in [-0.4, -0.2) is 24.7 Å². The van der Waals surface area contributed by atoms with Crippen molar-refractivity contribution in [2.24, 2.45) is 0 Å². The van der Waals surface area contributed by atoms with Gasteiger partial charge in [0.05, 0.1) is 11.0 Å². The minimum absolute atomic E-state index is 0.0376. The third-order valence-corrected chi connectivity index (χ3v) is 4.75. The molecule has 0 fully saturated rings. The third-order valence-electron chi connectivity index (χ3n) is 4.75. The van der Waals surface area contributed by atoms with Crippen molar-refractivity contribution in [3.8, 4) is 11.5 Å². The summed E-state index contributed by atoms with van der Waals surface area (Å²) in [5.74, 6) is 1.42. The van der Waals surface area contributed by atoms with Gasteiger partial charge in [0.25, 0.3) is 0 Å². The van der Waals surface area contributed by atoms with E-state index >= 15 is 0 Å². The molecular weight excluding hydrogens is 340 g/mol. The fourth-order valence-electron chi connectivity index (χ4n) is 3.53. The number of pyridine rings is 1. The van der Waals surface area contributed by atoms with Crippen LogP contribution in [0.3, 0.4) is 0 Å². The number of fused-ring (bicyclic) bond motifs is 3. The van der Waals surface area contributed by atoms with E-state index in [1.54, 1.807) is 12.1 Å². The summed E-state index contributed by atoms with van der Waals surface area (Å²) in [7, 11) is 0. The molecule has 2 aromatic carbocycles. The van der Waals surface area contributed by atoms with Crippen molar-refractivity contribution < 1.29 is 10.2 Å². The highest BCUT2D eigenvalue weighted by molar-refractivity contribution is 6.06. The van der Waals surface area contributed by atoms with Gasteiger partial charge in [-0.05, 0) is 30.2 Å². The predicted octanol–water partition coefficient (Wildman–Crippen LogP) is 3.97. The maximum Gasteiger partial charge on any atom is 0.152 e. The van der Waals surface area contributed by atoms with Gasteiger partial charge >= 0.3 is 0 Å². The first-order valence-corrected chi connectivity index (χ1v) is 9.12. The summed E-state index contributed by atoms with van der Waals surface area (Å²) in [6, 6.07) is 12.5. The molecule has 0 saturated heterocycles. The summed E-state index contributed by atoms with van der Waals surface area (Å²) in [4.78, 5) is 9.29. The number of rotatable bonds is 5. The number of aromatic nitrogens is 3. The number of nitrogens with zero attached hydrogens (tertiary/aromatic N) is 3. The molecule has 0 unspecified atom stereocenters. The second-order valence-corrected chi connectivity index (χ2v) is 6.79. The van der Waals surface area contributed by atoms with Crippen LogP contribution in [-0.2, 0) is 13.0 Å². The Morgan fingerprint density at radius 2 is 1.78 bits per heavy atom. The summed E-state index contributed by atoms with van der Waals surface area (Å²) in [5.41, 5.74) is 9.46. The van der Waals surface area contributed by atoms with Crippen molar-refractivity contribution in [3.05, 3.63) is 53.9 Å². The summed E-state index contributed by atoms with van der Waals surface area (Å²) in [5, 5.41) is 20.7. The molecule has 0 aliphatic rings. The Morgan fingerprint density at radius 1 is 1.04 bits per heavy atom. The molecule has 0 bridgehead atoms. The van der Waals surface area contributed by atoms with Crippen LogP contribution in [0, 0.1) is 0 Å². The Hall–Kier alpha value is -3.28. The molecule has 0 saturated carbocycles. The van der Waals surface area contributed by atoms with Gasteiger partial charge in [-0.2, -0.15) is 0 Å². The molecule has 6 nitrogen and oxygen atoms in total. The van der Waals surface area contributed by atoms with Crippen LogP contribution in [0.25, 0.3) is 21.9 Å². The fourth-order valence-corrected chi connectivity index (χ4v) is 3.53. The lowest BCUT2D eigenvalue weighted by atomic mass is 10.1. The lowest BCUT2D eigenvalue weighted by Crippen LogP contribution is -2.06. The second-order valence-electron chi connectivity index (χ2n) is 6.79. The number of unbranched alkanes of at least 4 members (excludes halogenated alkanes) is 1. The zero-order chi connectivity index (χ0) is 19.0. The lowest BCUT2D eigenvalue weighted by molar-refractivity contribution is 0.449. The molecule has 6 heteroatoms. The summed E-state index contributed by atoms with van der Waals surface area (Å²) in [6.45, 7) is 2.62. The van der Waals surface area contributed by atoms with Crippen LogP contribution in [0.4, 0.5) is 5.82 Å². The Bertz CT molecular complexity index is 1110. The van der Waals surface area contributed by atoms with Gasteiger partial charge in [0.1, 0.15) is 22.8 Å². The molecule has 0 spiro atoms. The molecule has 4 rings (SSSR count). The van der Waals surface area contributed by atoms with Crippen molar-refractivity contribution in [2.75, 3.05) is 5.73 Å². The highest BCUT2D eigenvalue weighted by Crippen LogP contribution is 2.31. The Morgan fingerprint density at radius 3 is 2.52 bits per heavy atom.